The van der Waals surface area contributed by atoms with Gasteiger partial charge in [0.1, 0.15) is 11.9 Å². The molecule has 1 aliphatic heterocycles. The number of anilines is 1. The summed E-state index contributed by atoms with van der Waals surface area (Å²) in [5, 5.41) is 19.5. The van der Waals surface area contributed by atoms with Gasteiger partial charge in [-0.2, -0.15) is 0 Å². The summed E-state index contributed by atoms with van der Waals surface area (Å²) in [7, 11) is 0. The lowest BCUT2D eigenvalue weighted by Crippen LogP contribution is -2.37. The van der Waals surface area contributed by atoms with Crippen LogP contribution in [0.15, 0.2) is 36.0 Å². The van der Waals surface area contributed by atoms with Gasteiger partial charge < -0.3 is 14.9 Å². The van der Waals surface area contributed by atoms with Gasteiger partial charge in [0.15, 0.2) is 0 Å². The minimum Gasteiger partial charge on any atom is -0.427 e. The summed E-state index contributed by atoms with van der Waals surface area (Å²) >= 11 is 1.69. The number of carbonyl (C=O) groups is 1. The van der Waals surface area contributed by atoms with Crippen LogP contribution in [0.1, 0.15) is 50.2 Å². The fourth-order valence-electron chi connectivity index (χ4n) is 3.36. The number of thiazole rings is 1. The molecule has 2 aromatic heterocycles. The van der Waals surface area contributed by atoms with Crippen LogP contribution in [0.5, 0.6) is 0 Å². The third kappa shape index (κ3) is 6.01. The van der Waals surface area contributed by atoms with Gasteiger partial charge in [0, 0.05) is 30.1 Å². The van der Waals surface area contributed by atoms with Crippen LogP contribution in [-0.2, 0) is 16.1 Å². The fourth-order valence-corrected chi connectivity index (χ4v) is 4.35. The lowest BCUT2D eigenvalue weighted by atomic mass is 9.99. The Morgan fingerprint density at radius 2 is 1.97 bits per heavy atom. The van der Waals surface area contributed by atoms with Gasteiger partial charge in [-0.15, -0.1) is 21.5 Å². The average Bonchev–Trinajstić information content (AvgIpc) is 3.44. The highest BCUT2D eigenvalue weighted by Gasteiger charge is 2.27. The highest BCUT2D eigenvalue weighted by atomic mass is 32.1. The topological polar surface area (TPSA) is 107 Å². The normalized spacial score (nSPS) is 15.5. The number of hydroxylamine groups is 2. The van der Waals surface area contributed by atoms with E-state index in [9.17, 15) is 4.79 Å². The van der Waals surface area contributed by atoms with E-state index in [-0.39, 0.29) is 0 Å². The Hall–Kier alpha value is -3.05. The largest absolute Gasteiger partial charge is 0.528 e. The molecule has 0 amide bonds. The zero-order chi connectivity index (χ0) is 22.6. The number of hydrogen-bond acceptors (Lipinski definition) is 10. The molecule has 0 saturated carbocycles. The SMILES string of the molecule is CC(C)(C)OC(=O)ON1CCC(c2nc(CNc3ccc(-n4cnnn4)cc3)cs2)CC1. The standard InChI is InChI=1S/C21H27N7O3S/c1-21(2,3)30-20(29)31-27-10-8-15(9-11-27)19-24-17(13-32-19)12-22-16-4-6-18(7-5-16)28-14-23-25-26-28/h4-7,13-15,22H,8-12H2,1-3H3. The molecular formula is C21H27N7O3S. The molecule has 0 unspecified atom stereocenters. The smallest absolute Gasteiger partial charge is 0.427 e. The van der Waals surface area contributed by atoms with Crippen molar-refractivity contribution in [1.29, 1.82) is 0 Å². The molecule has 0 spiro atoms. The first-order chi connectivity index (χ1) is 15.4. The Balaban J connectivity index is 1.23. The molecular weight excluding hydrogens is 430 g/mol. The van der Waals surface area contributed by atoms with Gasteiger partial charge >= 0.3 is 6.16 Å². The summed E-state index contributed by atoms with van der Waals surface area (Å²) in [5.41, 5.74) is 2.36. The van der Waals surface area contributed by atoms with Crippen LogP contribution in [0.25, 0.3) is 5.69 Å². The second kappa shape index (κ2) is 9.61. The molecule has 1 fully saturated rings. The molecule has 0 radical (unpaired) electrons. The molecule has 4 rings (SSSR count). The van der Waals surface area contributed by atoms with Crippen LogP contribution in [0.4, 0.5) is 10.5 Å². The molecule has 170 valence electrons. The number of nitrogens with one attached hydrogen (secondary N) is 1. The van der Waals surface area contributed by atoms with Crippen LogP contribution < -0.4 is 5.32 Å². The minimum absolute atomic E-state index is 0.378. The summed E-state index contributed by atoms with van der Waals surface area (Å²) in [4.78, 5) is 22.0. The van der Waals surface area contributed by atoms with Crippen LogP contribution in [0, 0.1) is 0 Å². The summed E-state index contributed by atoms with van der Waals surface area (Å²) in [6.07, 6.45) is 2.70. The van der Waals surface area contributed by atoms with E-state index in [1.54, 1.807) is 27.4 Å². The molecule has 3 aromatic rings. The number of benzene rings is 1. The fraction of sp³-hybridized carbons (Fsp3) is 0.476. The predicted octanol–water partition coefficient (Wildman–Crippen LogP) is 3.78. The van der Waals surface area contributed by atoms with Gasteiger partial charge in [0.2, 0.25) is 0 Å². The van der Waals surface area contributed by atoms with Crippen molar-refractivity contribution in [2.75, 3.05) is 18.4 Å². The van der Waals surface area contributed by atoms with E-state index < -0.39 is 11.8 Å². The number of aromatic nitrogens is 5. The molecule has 1 N–H and O–H groups in total. The van der Waals surface area contributed by atoms with E-state index in [4.69, 9.17) is 14.6 Å². The minimum atomic E-state index is -0.649. The molecule has 0 atom stereocenters. The first-order valence-electron chi connectivity index (χ1n) is 10.5. The molecule has 10 nitrogen and oxygen atoms in total. The van der Waals surface area contributed by atoms with Gasteiger partial charge in [0.25, 0.3) is 0 Å². The van der Waals surface area contributed by atoms with Crippen molar-refractivity contribution in [2.45, 2.75) is 51.7 Å². The zero-order valence-corrected chi connectivity index (χ0v) is 19.2. The van der Waals surface area contributed by atoms with Gasteiger partial charge in [-0.25, -0.2) is 14.5 Å². The summed E-state index contributed by atoms with van der Waals surface area (Å²) < 4.78 is 6.83. The lowest BCUT2D eigenvalue weighted by Gasteiger charge is -2.30. The van der Waals surface area contributed by atoms with Crippen molar-refractivity contribution in [3.8, 4) is 5.69 Å². The monoisotopic (exact) mass is 457 g/mol. The van der Waals surface area contributed by atoms with E-state index in [1.807, 2.05) is 45.0 Å². The molecule has 32 heavy (non-hydrogen) atoms. The second-order valence-corrected chi connectivity index (χ2v) is 9.48. The number of hydrogen-bond donors (Lipinski definition) is 1. The van der Waals surface area contributed by atoms with E-state index in [1.165, 1.54) is 0 Å². The number of carbonyl (C=O) groups excluding carboxylic acids is 1. The maximum atomic E-state index is 11.8. The van der Waals surface area contributed by atoms with Crippen molar-refractivity contribution in [2.24, 2.45) is 0 Å². The van der Waals surface area contributed by atoms with Crippen LogP contribution in [0.2, 0.25) is 0 Å². The molecule has 1 aliphatic rings. The lowest BCUT2D eigenvalue weighted by molar-refractivity contribution is -0.152. The number of tetrazole rings is 1. The van der Waals surface area contributed by atoms with Crippen molar-refractivity contribution in [3.63, 3.8) is 0 Å². The van der Waals surface area contributed by atoms with E-state index in [0.29, 0.717) is 25.6 Å². The third-order valence-electron chi connectivity index (χ3n) is 4.92. The Kier molecular flexibility index (Phi) is 6.66. The average molecular weight is 458 g/mol. The number of ether oxygens (including phenoxy) is 1. The predicted molar refractivity (Wildman–Crippen MR) is 119 cm³/mol. The first-order valence-corrected chi connectivity index (χ1v) is 11.4. The zero-order valence-electron chi connectivity index (χ0n) is 18.4. The van der Waals surface area contributed by atoms with Crippen LogP contribution in [0.3, 0.4) is 0 Å². The molecule has 0 aliphatic carbocycles. The molecule has 3 heterocycles. The molecule has 11 heteroatoms. The molecule has 0 bridgehead atoms. The van der Waals surface area contributed by atoms with Crippen LogP contribution >= 0.6 is 11.3 Å². The summed E-state index contributed by atoms with van der Waals surface area (Å²) in [6.45, 7) is 7.46. The maximum absolute atomic E-state index is 11.8. The third-order valence-corrected chi connectivity index (χ3v) is 5.98. The van der Waals surface area contributed by atoms with Gasteiger partial charge in [-0.05, 0) is 68.3 Å². The van der Waals surface area contributed by atoms with Gasteiger partial charge in [0.05, 0.1) is 22.9 Å². The first kappa shape index (κ1) is 22.2. The Labute approximate surface area is 190 Å². The summed E-state index contributed by atoms with van der Waals surface area (Å²) in [5.74, 6) is 0.378. The number of nitrogens with zero attached hydrogens (tertiary/aromatic N) is 6. The highest BCUT2D eigenvalue weighted by molar-refractivity contribution is 7.09. The Bertz CT molecular complexity index is 1010. The molecule has 1 saturated heterocycles. The quantitative estimate of drug-likeness (QED) is 0.553. The Morgan fingerprint density at radius 3 is 2.62 bits per heavy atom. The number of rotatable bonds is 6. The Morgan fingerprint density at radius 1 is 1.22 bits per heavy atom. The number of piperidine rings is 1. The van der Waals surface area contributed by atoms with E-state index in [2.05, 4.69) is 26.2 Å². The van der Waals surface area contributed by atoms with Crippen molar-refractivity contribution in [3.05, 3.63) is 46.7 Å². The van der Waals surface area contributed by atoms with Crippen molar-refractivity contribution >= 4 is 23.2 Å². The van der Waals surface area contributed by atoms with Crippen molar-refractivity contribution < 1.29 is 14.4 Å². The van der Waals surface area contributed by atoms with Gasteiger partial charge in [-0.1, -0.05) is 0 Å². The highest BCUT2D eigenvalue weighted by Crippen LogP contribution is 2.30. The summed E-state index contributed by atoms with van der Waals surface area (Å²) in [6, 6.07) is 7.89. The second-order valence-electron chi connectivity index (χ2n) is 8.59. The van der Waals surface area contributed by atoms with E-state index >= 15 is 0 Å². The maximum Gasteiger partial charge on any atom is 0.528 e. The van der Waals surface area contributed by atoms with Crippen molar-refractivity contribution in [1.82, 2.24) is 30.3 Å². The van der Waals surface area contributed by atoms with Gasteiger partial charge in [-0.3, -0.25) is 0 Å². The van der Waals surface area contributed by atoms with Crippen LogP contribution in [-0.4, -0.2) is 55.1 Å². The molecule has 1 aromatic carbocycles. The van der Waals surface area contributed by atoms with E-state index in [0.717, 1.165) is 34.9 Å².